The highest BCUT2D eigenvalue weighted by Gasteiger charge is 2.48. The lowest BCUT2D eigenvalue weighted by molar-refractivity contribution is 0.0673. The fourth-order valence-electron chi connectivity index (χ4n) is 4.14. The van der Waals surface area contributed by atoms with Gasteiger partial charge in [-0.25, -0.2) is 0 Å². The minimum atomic E-state index is -0.0983. The van der Waals surface area contributed by atoms with E-state index in [0.717, 1.165) is 32.5 Å². The van der Waals surface area contributed by atoms with Crippen LogP contribution in [0.3, 0.4) is 0 Å². The summed E-state index contributed by atoms with van der Waals surface area (Å²) in [4.78, 5) is 19.0. The van der Waals surface area contributed by atoms with Gasteiger partial charge >= 0.3 is 0 Å². The fourth-order valence-corrected chi connectivity index (χ4v) is 4.14. The Morgan fingerprint density at radius 1 is 1.42 bits per heavy atom. The maximum Gasteiger partial charge on any atom is 0.287 e. The number of nitrogens with one attached hydrogen (secondary N) is 1. The highest BCUT2D eigenvalue weighted by Crippen LogP contribution is 2.48. The topological polar surface area (TPSA) is 58.4 Å². The number of amides is 1. The Bertz CT molecular complexity index is 720. The second-order valence-corrected chi connectivity index (χ2v) is 7.28. The third kappa shape index (κ3) is 2.96. The summed E-state index contributed by atoms with van der Waals surface area (Å²) in [7, 11) is 0. The molecule has 1 saturated carbocycles. The molecule has 0 unspecified atom stereocenters. The second kappa shape index (κ2) is 6.06. The molecular formula is C19H23N3O2. The Morgan fingerprint density at radius 2 is 2.29 bits per heavy atom. The normalized spacial score (nSPS) is 26.5. The van der Waals surface area contributed by atoms with Gasteiger partial charge in [0, 0.05) is 25.3 Å². The summed E-state index contributed by atoms with van der Waals surface area (Å²) in [6.07, 6.45) is 6.75. The first-order chi connectivity index (χ1) is 11.6. The van der Waals surface area contributed by atoms with Gasteiger partial charge in [0.05, 0.1) is 12.0 Å². The zero-order valence-electron chi connectivity index (χ0n) is 14.0. The Kier molecular flexibility index (Phi) is 3.88. The van der Waals surface area contributed by atoms with Gasteiger partial charge in [-0.2, -0.15) is 0 Å². The van der Waals surface area contributed by atoms with E-state index in [1.807, 2.05) is 12.3 Å². The summed E-state index contributed by atoms with van der Waals surface area (Å²) in [6, 6.07) is 7.83. The van der Waals surface area contributed by atoms with Crippen LogP contribution >= 0.6 is 0 Å². The Labute approximate surface area is 142 Å². The van der Waals surface area contributed by atoms with E-state index < -0.39 is 0 Å². The van der Waals surface area contributed by atoms with Crippen LogP contribution in [0.25, 0.3) is 0 Å². The molecule has 0 bridgehead atoms. The van der Waals surface area contributed by atoms with Gasteiger partial charge in [-0.15, -0.1) is 0 Å². The van der Waals surface area contributed by atoms with Crippen molar-refractivity contribution in [3.05, 3.63) is 53.7 Å². The number of carbonyl (C=O) groups excluding carboxylic acids is 1. The molecule has 1 aliphatic heterocycles. The molecule has 2 aromatic rings. The molecule has 4 rings (SSSR count). The lowest BCUT2D eigenvalue weighted by atomic mass is 9.65. The van der Waals surface area contributed by atoms with Gasteiger partial charge in [-0.05, 0) is 61.9 Å². The van der Waals surface area contributed by atoms with E-state index in [1.165, 1.54) is 23.9 Å². The summed E-state index contributed by atoms with van der Waals surface area (Å²) in [5.74, 6) is 0.299. The number of aryl methyl sites for hydroxylation is 1. The third-order valence-corrected chi connectivity index (χ3v) is 5.45. The van der Waals surface area contributed by atoms with Crippen LogP contribution in [0.5, 0.6) is 0 Å². The van der Waals surface area contributed by atoms with Crippen molar-refractivity contribution >= 4 is 5.91 Å². The maximum absolute atomic E-state index is 12.0. The molecule has 1 amide bonds. The van der Waals surface area contributed by atoms with Crippen molar-refractivity contribution in [2.45, 2.75) is 38.8 Å². The first-order valence-electron chi connectivity index (χ1n) is 8.61. The van der Waals surface area contributed by atoms with Crippen LogP contribution < -0.4 is 5.32 Å². The van der Waals surface area contributed by atoms with Gasteiger partial charge in [0.15, 0.2) is 5.76 Å². The van der Waals surface area contributed by atoms with Crippen LogP contribution in [-0.2, 0) is 6.54 Å². The molecule has 1 aliphatic carbocycles. The maximum atomic E-state index is 12.0. The number of hydrogen-bond donors (Lipinski definition) is 1. The molecule has 1 spiro atoms. The largest absolute Gasteiger partial charge is 0.459 e. The quantitative estimate of drug-likeness (QED) is 0.939. The zero-order chi connectivity index (χ0) is 16.6. The third-order valence-electron chi connectivity index (χ3n) is 5.45. The van der Waals surface area contributed by atoms with Gasteiger partial charge < -0.3 is 9.73 Å². The van der Waals surface area contributed by atoms with Gasteiger partial charge in [-0.1, -0.05) is 6.07 Å². The van der Waals surface area contributed by atoms with Crippen molar-refractivity contribution in [3.63, 3.8) is 0 Å². The van der Waals surface area contributed by atoms with Gasteiger partial charge in [0.2, 0.25) is 0 Å². The van der Waals surface area contributed by atoms with Gasteiger partial charge in [0.25, 0.3) is 5.91 Å². The van der Waals surface area contributed by atoms with Crippen molar-refractivity contribution in [3.8, 4) is 0 Å². The summed E-state index contributed by atoms with van der Waals surface area (Å²) in [5, 5.41) is 3.08. The minimum absolute atomic E-state index is 0.0983. The number of nitrogens with zero attached hydrogens (tertiary/aromatic N) is 2. The molecule has 2 aliphatic rings. The van der Waals surface area contributed by atoms with Crippen molar-refractivity contribution in [2.24, 2.45) is 5.41 Å². The predicted molar refractivity (Wildman–Crippen MR) is 90.5 cm³/mol. The van der Waals surface area contributed by atoms with Crippen LogP contribution in [-0.4, -0.2) is 34.9 Å². The summed E-state index contributed by atoms with van der Waals surface area (Å²) in [5.41, 5.74) is 2.82. The molecule has 126 valence electrons. The summed E-state index contributed by atoms with van der Waals surface area (Å²) in [6.45, 7) is 5.28. The van der Waals surface area contributed by atoms with E-state index >= 15 is 0 Å². The standard InChI is InChI=1S/C19H23N3O2/c1-14-4-2-7-20-16(14)12-22-8-6-19(13-22)10-15(11-19)21-18(23)17-5-3-9-24-17/h2-5,7,9,15H,6,8,10-13H2,1H3,(H,21,23). The van der Waals surface area contributed by atoms with E-state index in [9.17, 15) is 4.79 Å². The second-order valence-electron chi connectivity index (χ2n) is 7.28. The smallest absolute Gasteiger partial charge is 0.287 e. The molecule has 1 N–H and O–H groups in total. The Morgan fingerprint density at radius 3 is 3.04 bits per heavy atom. The first-order valence-corrected chi connectivity index (χ1v) is 8.61. The number of aromatic nitrogens is 1. The molecule has 3 heterocycles. The zero-order valence-corrected chi connectivity index (χ0v) is 14.0. The van der Waals surface area contributed by atoms with E-state index in [2.05, 4.69) is 28.2 Å². The van der Waals surface area contributed by atoms with Crippen molar-refractivity contribution in [1.29, 1.82) is 0 Å². The molecule has 24 heavy (non-hydrogen) atoms. The average molecular weight is 325 g/mol. The van der Waals surface area contributed by atoms with Crippen molar-refractivity contribution in [2.75, 3.05) is 13.1 Å². The van der Waals surface area contributed by atoms with Crippen LogP contribution in [0.2, 0.25) is 0 Å². The van der Waals surface area contributed by atoms with Crippen molar-refractivity contribution < 1.29 is 9.21 Å². The van der Waals surface area contributed by atoms with Crippen molar-refractivity contribution in [1.82, 2.24) is 15.2 Å². The molecule has 0 radical (unpaired) electrons. The van der Waals surface area contributed by atoms with Gasteiger partial charge in [0.1, 0.15) is 0 Å². The lowest BCUT2D eigenvalue weighted by Crippen LogP contribution is -2.51. The average Bonchev–Trinajstić information content (AvgIpc) is 3.19. The minimum Gasteiger partial charge on any atom is -0.459 e. The van der Waals surface area contributed by atoms with Crippen LogP contribution in [0.15, 0.2) is 41.1 Å². The highest BCUT2D eigenvalue weighted by molar-refractivity contribution is 5.91. The van der Waals surface area contributed by atoms with E-state index in [4.69, 9.17) is 4.42 Å². The SMILES string of the molecule is Cc1cccnc1CN1CCC2(CC(NC(=O)c3ccco3)C2)C1. The molecule has 2 fully saturated rings. The highest BCUT2D eigenvalue weighted by atomic mass is 16.3. The molecule has 2 aromatic heterocycles. The first kappa shape index (κ1) is 15.4. The molecule has 0 aromatic carbocycles. The summed E-state index contributed by atoms with van der Waals surface area (Å²) >= 11 is 0. The Balaban J connectivity index is 1.29. The van der Waals surface area contributed by atoms with E-state index in [0.29, 0.717) is 11.2 Å². The molecule has 0 atom stereocenters. The molecule has 1 saturated heterocycles. The number of carbonyl (C=O) groups is 1. The molecule has 5 heteroatoms. The van der Waals surface area contributed by atoms with Crippen LogP contribution in [0.1, 0.15) is 41.1 Å². The monoisotopic (exact) mass is 325 g/mol. The fraction of sp³-hybridized carbons (Fsp3) is 0.474. The predicted octanol–water partition coefficient (Wildman–Crippen LogP) is 2.77. The molecule has 5 nitrogen and oxygen atoms in total. The number of rotatable bonds is 4. The Hall–Kier alpha value is -2.14. The van der Waals surface area contributed by atoms with E-state index in [-0.39, 0.29) is 11.9 Å². The number of pyridine rings is 1. The van der Waals surface area contributed by atoms with Crippen LogP contribution in [0, 0.1) is 12.3 Å². The molecular weight excluding hydrogens is 302 g/mol. The number of likely N-dealkylation sites (tertiary alicyclic amines) is 1. The summed E-state index contributed by atoms with van der Waals surface area (Å²) < 4.78 is 5.15. The number of hydrogen-bond acceptors (Lipinski definition) is 4. The van der Waals surface area contributed by atoms with Crippen LogP contribution in [0.4, 0.5) is 0 Å². The van der Waals surface area contributed by atoms with E-state index in [1.54, 1.807) is 12.1 Å². The van der Waals surface area contributed by atoms with Gasteiger partial charge in [-0.3, -0.25) is 14.7 Å². The lowest BCUT2D eigenvalue weighted by Gasteiger charge is -2.45. The number of furan rings is 1.